The van der Waals surface area contributed by atoms with Gasteiger partial charge in [-0.05, 0) is 12.8 Å². The van der Waals surface area contributed by atoms with Gasteiger partial charge in [-0.1, -0.05) is 13.8 Å². The molecule has 0 radical (unpaired) electrons. The van der Waals surface area contributed by atoms with Crippen molar-refractivity contribution in [2.75, 3.05) is 7.11 Å². The first-order chi connectivity index (χ1) is 18.4. The van der Waals surface area contributed by atoms with Crippen LogP contribution >= 0.6 is 0 Å². The molecule has 2 heterocycles. The third kappa shape index (κ3) is 6.88. The van der Waals surface area contributed by atoms with E-state index in [-0.39, 0.29) is 11.5 Å². The molecule has 218 valence electrons. The first-order valence-corrected chi connectivity index (χ1v) is 12.8. The van der Waals surface area contributed by atoms with Gasteiger partial charge in [0.1, 0.15) is 12.2 Å². The van der Waals surface area contributed by atoms with E-state index in [1.807, 2.05) is 6.92 Å². The fourth-order valence-corrected chi connectivity index (χ4v) is 5.56. The minimum absolute atomic E-state index is 0.268. The van der Waals surface area contributed by atoms with Crippen LogP contribution in [0, 0.1) is 17.8 Å². The van der Waals surface area contributed by atoms with Crippen LogP contribution in [0.3, 0.4) is 0 Å². The predicted molar refractivity (Wildman–Crippen MR) is 128 cm³/mol. The summed E-state index contributed by atoms with van der Waals surface area (Å²) in [6, 6.07) is 0. The van der Waals surface area contributed by atoms with E-state index < -0.39 is 84.8 Å². The van der Waals surface area contributed by atoms with Gasteiger partial charge in [0.25, 0.3) is 0 Å². The van der Waals surface area contributed by atoms with E-state index in [0.717, 1.165) is 6.92 Å². The van der Waals surface area contributed by atoms with Crippen molar-refractivity contribution in [3.05, 3.63) is 11.8 Å². The van der Waals surface area contributed by atoms with E-state index in [1.54, 1.807) is 6.92 Å². The molecule has 0 bridgehead atoms. The van der Waals surface area contributed by atoms with Crippen LogP contribution in [0.4, 0.5) is 0 Å². The summed E-state index contributed by atoms with van der Waals surface area (Å²) in [6.07, 6.45) is -5.41. The fourth-order valence-electron chi connectivity index (χ4n) is 5.56. The first kappa shape index (κ1) is 30.4. The molecule has 10 atom stereocenters. The second-order valence-corrected chi connectivity index (χ2v) is 9.81. The Hall–Kier alpha value is -3.19. The van der Waals surface area contributed by atoms with Crippen molar-refractivity contribution in [1.82, 2.24) is 0 Å². The molecule has 3 rings (SSSR count). The van der Waals surface area contributed by atoms with Crippen LogP contribution in [0.15, 0.2) is 11.8 Å². The number of ether oxygens (including phenoxy) is 8. The van der Waals surface area contributed by atoms with Gasteiger partial charge < -0.3 is 37.9 Å². The lowest BCUT2D eigenvalue weighted by Gasteiger charge is -2.46. The highest BCUT2D eigenvalue weighted by Gasteiger charge is 2.56. The molecule has 1 saturated carbocycles. The number of carbonyl (C=O) groups excluding carboxylic acids is 5. The van der Waals surface area contributed by atoms with Gasteiger partial charge in [-0.25, -0.2) is 4.79 Å². The summed E-state index contributed by atoms with van der Waals surface area (Å²) in [5, 5.41) is 0. The Bertz CT molecular complexity index is 990. The highest BCUT2D eigenvalue weighted by molar-refractivity contribution is 5.89. The number of methoxy groups -OCH3 is 1. The van der Waals surface area contributed by atoms with E-state index in [4.69, 9.17) is 37.9 Å². The Morgan fingerprint density at radius 3 is 1.95 bits per heavy atom. The maximum Gasteiger partial charge on any atom is 0.337 e. The molecule has 13 nitrogen and oxygen atoms in total. The monoisotopic (exact) mass is 556 g/mol. The van der Waals surface area contributed by atoms with Crippen molar-refractivity contribution in [2.45, 2.75) is 97.5 Å². The smallest absolute Gasteiger partial charge is 0.337 e. The van der Waals surface area contributed by atoms with Crippen LogP contribution in [-0.2, 0) is 61.9 Å². The largest absolute Gasteiger partial charge is 0.472 e. The van der Waals surface area contributed by atoms with E-state index >= 15 is 0 Å². The number of carbonyl (C=O) groups is 5. The Labute approximate surface area is 226 Å². The van der Waals surface area contributed by atoms with Crippen LogP contribution in [0.25, 0.3) is 0 Å². The normalized spacial score (nSPS) is 35.4. The molecule has 0 aromatic rings. The Balaban J connectivity index is 1.97. The fraction of sp³-hybridized carbons (Fsp3) is 0.731. The van der Waals surface area contributed by atoms with Crippen molar-refractivity contribution in [3.8, 4) is 0 Å². The first-order valence-electron chi connectivity index (χ1n) is 12.8. The number of esters is 5. The second-order valence-electron chi connectivity index (χ2n) is 9.81. The van der Waals surface area contributed by atoms with Gasteiger partial charge in [0.05, 0.1) is 18.9 Å². The zero-order chi connectivity index (χ0) is 29.0. The molecule has 0 amide bonds. The number of rotatable bonds is 8. The summed E-state index contributed by atoms with van der Waals surface area (Å²) in [7, 11) is 1.25. The highest BCUT2D eigenvalue weighted by atomic mass is 16.8. The molecule has 13 heteroatoms. The minimum Gasteiger partial charge on any atom is -0.472 e. The molecular weight excluding hydrogens is 520 g/mol. The Morgan fingerprint density at radius 1 is 0.846 bits per heavy atom. The summed E-state index contributed by atoms with van der Waals surface area (Å²) >= 11 is 0. The molecule has 0 aromatic heterocycles. The molecule has 1 aliphatic carbocycles. The summed E-state index contributed by atoms with van der Waals surface area (Å²) in [5.74, 6) is -4.35. The zero-order valence-corrected chi connectivity index (χ0v) is 23.1. The van der Waals surface area contributed by atoms with E-state index in [1.165, 1.54) is 34.1 Å². The van der Waals surface area contributed by atoms with Gasteiger partial charge in [0.15, 0.2) is 18.3 Å². The van der Waals surface area contributed by atoms with Crippen LogP contribution in [0.2, 0.25) is 0 Å². The molecule has 1 saturated heterocycles. The van der Waals surface area contributed by atoms with E-state index in [0.29, 0.717) is 12.8 Å². The molecule has 2 aliphatic heterocycles. The summed E-state index contributed by atoms with van der Waals surface area (Å²) in [6.45, 7) is 8.45. The number of fused-ring (bicyclic) bond motifs is 1. The van der Waals surface area contributed by atoms with Crippen molar-refractivity contribution < 1.29 is 61.9 Å². The van der Waals surface area contributed by atoms with Crippen LogP contribution in [0.5, 0.6) is 0 Å². The maximum absolute atomic E-state index is 12.5. The Morgan fingerprint density at radius 2 is 1.41 bits per heavy atom. The third-order valence-corrected chi connectivity index (χ3v) is 7.09. The van der Waals surface area contributed by atoms with Gasteiger partial charge in [-0.3, -0.25) is 19.2 Å². The minimum atomic E-state index is -1.33. The second kappa shape index (κ2) is 12.8. The molecule has 0 N–H and O–H groups in total. The van der Waals surface area contributed by atoms with Crippen LogP contribution in [-0.4, -0.2) is 80.1 Å². The predicted octanol–water partition coefficient (Wildman–Crippen LogP) is 1.55. The van der Waals surface area contributed by atoms with Gasteiger partial charge >= 0.3 is 29.8 Å². The standard InChI is InChI=1S/C26H36O13/c1-8-18-21(35-13(4)28)22(36-14(5)29)23(37-15(6)30)26(38-18)39-25-20-11(2)19(34-12(3)27)9-16(20)17(10-33-25)24(31)32-7/h10-11,16,18-23,25-26H,8-9H2,1-7H3/t11?,16?,18?,19?,20?,21-,22-,23?,25?,26+/m1/s1. The molecular formula is C26H36O13. The van der Waals surface area contributed by atoms with Crippen LogP contribution < -0.4 is 0 Å². The molecule has 2 fully saturated rings. The lowest BCUT2D eigenvalue weighted by Crippen LogP contribution is -2.62. The lowest BCUT2D eigenvalue weighted by molar-refractivity contribution is -0.342. The van der Waals surface area contributed by atoms with Gasteiger partial charge in [0, 0.05) is 45.4 Å². The number of hydrogen-bond donors (Lipinski definition) is 0. The molecule has 0 spiro atoms. The average Bonchev–Trinajstić information content (AvgIpc) is 3.16. The molecule has 39 heavy (non-hydrogen) atoms. The molecule has 7 unspecified atom stereocenters. The van der Waals surface area contributed by atoms with Gasteiger partial charge in [-0.2, -0.15) is 0 Å². The van der Waals surface area contributed by atoms with Gasteiger partial charge in [-0.15, -0.1) is 0 Å². The summed E-state index contributed by atoms with van der Waals surface area (Å²) < 4.78 is 45.0. The SMILES string of the molecule is CCC1O[C@@H](OC2OC=C(C(=O)OC)C3CC(OC(C)=O)C(C)C23)C(OC(C)=O)[C@H](OC(C)=O)[C@@H]1OC(C)=O. The van der Waals surface area contributed by atoms with Crippen molar-refractivity contribution in [2.24, 2.45) is 17.8 Å². The highest BCUT2D eigenvalue weighted by Crippen LogP contribution is 2.49. The maximum atomic E-state index is 12.5. The molecule has 3 aliphatic rings. The molecule has 0 aromatic carbocycles. The summed E-state index contributed by atoms with van der Waals surface area (Å²) in [4.78, 5) is 60.1. The quantitative estimate of drug-likeness (QED) is 0.313. The average molecular weight is 557 g/mol. The van der Waals surface area contributed by atoms with Crippen molar-refractivity contribution in [1.29, 1.82) is 0 Å². The Kier molecular flexibility index (Phi) is 9.94. The lowest BCUT2D eigenvalue weighted by atomic mass is 9.83. The van der Waals surface area contributed by atoms with E-state index in [2.05, 4.69) is 0 Å². The van der Waals surface area contributed by atoms with Gasteiger partial charge in [0.2, 0.25) is 12.6 Å². The third-order valence-electron chi connectivity index (χ3n) is 7.09. The van der Waals surface area contributed by atoms with Crippen LogP contribution in [0.1, 0.15) is 54.4 Å². The number of hydrogen-bond acceptors (Lipinski definition) is 13. The van der Waals surface area contributed by atoms with Crippen molar-refractivity contribution in [3.63, 3.8) is 0 Å². The summed E-state index contributed by atoms with van der Waals surface area (Å²) in [5.41, 5.74) is 0.268. The van der Waals surface area contributed by atoms with Crippen molar-refractivity contribution >= 4 is 29.8 Å². The topological polar surface area (TPSA) is 159 Å². The zero-order valence-electron chi connectivity index (χ0n) is 23.1. The van der Waals surface area contributed by atoms with E-state index in [9.17, 15) is 24.0 Å².